The van der Waals surface area contributed by atoms with E-state index in [1.165, 1.54) is 7.11 Å². The van der Waals surface area contributed by atoms with Gasteiger partial charge in [0.2, 0.25) is 0 Å². The van der Waals surface area contributed by atoms with Gasteiger partial charge in [-0.3, -0.25) is 9.59 Å². The molecule has 5 nitrogen and oxygen atoms in total. The molecule has 1 heterocycles. The van der Waals surface area contributed by atoms with Gasteiger partial charge in [-0.2, -0.15) is 0 Å². The summed E-state index contributed by atoms with van der Waals surface area (Å²) in [7, 11) is 1.35. The van der Waals surface area contributed by atoms with Crippen LogP contribution >= 0.6 is 22.6 Å². The van der Waals surface area contributed by atoms with E-state index in [4.69, 9.17) is 4.74 Å². The Labute approximate surface area is 144 Å². The molecule has 0 radical (unpaired) electrons. The quantitative estimate of drug-likeness (QED) is 0.527. The number of ether oxygens (including phenoxy) is 2. The second-order valence-electron chi connectivity index (χ2n) is 5.22. The summed E-state index contributed by atoms with van der Waals surface area (Å²) < 4.78 is 11.4. The van der Waals surface area contributed by atoms with Crippen LogP contribution in [0.2, 0.25) is 0 Å². The molecular weight excluding hydrogens is 397 g/mol. The molecular formula is C16H20INO4. The van der Waals surface area contributed by atoms with Crippen molar-refractivity contribution in [3.8, 4) is 0 Å². The molecule has 1 aromatic carbocycles. The summed E-state index contributed by atoms with van der Waals surface area (Å²) in [6, 6.07) is 7.42. The van der Waals surface area contributed by atoms with Gasteiger partial charge in [0.1, 0.15) is 0 Å². The lowest BCUT2D eigenvalue weighted by atomic mass is 10.1. The van der Waals surface area contributed by atoms with Crippen LogP contribution in [0.1, 0.15) is 29.6 Å². The van der Waals surface area contributed by atoms with E-state index in [0.29, 0.717) is 18.7 Å². The Bertz CT molecular complexity index is 511. The summed E-state index contributed by atoms with van der Waals surface area (Å²) in [6.07, 6.45) is 2.23. The van der Waals surface area contributed by atoms with Crippen molar-refractivity contribution in [2.75, 3.05) is 26.8 Å². The highest BCUT2D eigenvalue weighted by molar-refractivity contribution is 14.1. The second kappa shape index (κ2) is 8.47. The monoisotopic (exact) mass is 417 g/mol. The molecule has 1 unspecified atom stereocenters. The number of nitrogens with zero attached hydrogens (tertiary/aromatic N) is 1. The minimum atomic E-state index is -0.312. The Balaban J connectivity index is 2.05. The van der Waals surface area contributed by atoms with Crippen LogP contribution in [-0.4, -0.2) is 49.7 Å². The normalized spacial score (nSPS) is 17.3. The Morgan fingerprint density at radius 2 is 2.09 bits per heavy atom. The Hall–Kier alpha value is -1.15. The summed E-state index contributed by atoms with van der Waals surface area (Å²) in [5, 5.41) is 0. The molecule has 0 N–H and O–H groups in total. The van der Waals surface area contributed by atoms with Gasteiger partial charge < -0.3 is 14.4 Å². The molecule has 0 aliphatic carbocycles. The maximum atomic E-state index is 12.7. The van der Waals surface area contributed by atoms with Crippen molar-refractivity contribution in [3.05, 3.63) is 33.4 Å². The summed E-state index contributed by atoms with van der Waals surface area (Å²) in [5.74, 6) is -0.386. The molecule has 1 aliphatic rings. The van der Waals surface area contributed by atoms with E-state index in [-0.39, 0.29) is 24.4 Å². The molecule has 1 aliphatic heterocycles. The smallest absolute Gasteiger partial charge is 0.307 e. The maximum Gasteiger partial charge on any atom is 0.307 e. The number of halogens is 1. The van der Waals surface area contributed by atoms with Crippen molar-refractivity contribution in [2.45, 2.75) is 25.4 Å². The van der Waals surface area contributed by atoms with Crippen LogP contribution in [-0.2, 0) is 14.3 Å². The lowest BCUT2D eigenvalue weighted by molar-refractivity contribution is -0.140. The van der Waals surface area contributed by atoms with Gasteiger partial charge in [-0.05, 0) is 59.7 Å². The molecule has 0 aromatic heterocycles. The third kappa shape index (κ3) is 4.95. The van der Waals surface area contributed by atoms with E-state index < -0.39 is 0 Å². The zero-order chi connectivity index (χ0) is 15.9. The van der Waals surface area contributed by atoms with Crippen LogP contribution in [0.25, 0.3) is 0 Å². The third-order valence-electron chi connectivity index (χ3n) is 3.64. The molecule has 120 valence electrons. The van der Waals surface area contributed by atoms with Crippen LogP contribution in [0.4, 0.5) is 0 Å². The Kier molecular flexibility index (Phi) is 6.63. The molecule has 1 saturated heterocycles. The highest BCUT2D eigenvalue weighted by atomic mass is 127. The first-order valence-electron chi connectivity index (χ1n) is 7.33. The van der Waals surface area contributed by atoms with E-state index in [2.05, 4.69) is 27.3 Å². The number of esters is 1. The fraction of sp³-hybridized carbons (Fsp3) is 0.500. The SMILES string of the molecule is COC(=O)CCN(CC1CCCO1)C(=O)c1ccc(I)cc1. The summed E-state index contributed by atoms with van der Waals surface area (Å²) >= 11 is 2.20. The largest absolute Gasteiger partial charge is 0.469 e. The van der Waals surface area contributed by atoms with E-state index >= 15 is 0 Å². The van der Waals surface area contributed by atoms with Crippen molar-refractivity contribution < 1.29 is 19.1 Å². The van der Waals surface area contributed by atoms with E-state index in [9.17, 15) is 9.59 Å². The average molecular weight is 417 g/mol. The van der Waals surface area contributed by atoms with Gasteiger partial charge in [0.15, 0.2) is 0 Å². The number of benzene rings is 1. The lowest BCUT2D eigenvalue weighted by Crippen LogP contribution is -2.38. The van der Waals surface area contributed by atoms with Crippen molar-refractivity contribution in [3.63, 3.8) is 0 Å². The van der Waals surface area contributed by atoms with Gasteiger partial charge in [-0.25, -0.2) is 0 Å². The summed E-state index contributed by atoms with van der Waals surface area (Å²) in [6.45, 7) is 1.60. The zero-order valence-corrected chi connectivity index (χ0v) is 14.7. The van der Waals surface area contributed by atoms with Crippen LogP contribution in [0, 0.1) is 3.57 Å². The predicted molar refractivity (Wildman–Crippen MR) is 90.7 cm³/mol. The van der Waals surface area contributed by atoms with Crippen LogP contribution in [0.15, 0.2) is 24.3 Å². The molecule has 0 saturated carbocycles. The van der Waals surface area contributed by atoms with Crippen molar-refractivity contribution >= 4 is 34.5 Å². The first kappa shape index (κ1) is 17.2. The van der Waals surface area contributed by atoms with Gasteiger partial charge in [0, 0.05) is 28.8 Å². The molecule has 1 atom stereocenters. The van der Waals surface area contributed by atoms with Crippen LogP contribution < -0.4 is 0 Å². The number of carbonyl (C=O) groups is 2. The fourth-order valence-corrected chi connectivity index (χ4v) is 2.77. The molecule has 6 heteroatoms. The van der Waals surface area contributed by atoms with E-state index in [1.54, 1.807) is 4.90 Å². The number of hydrogen-bond donors (Lipinski definition) is 0. The van der Waals surface area contributed by atoms with Crippen LogP contribution in [0.5, 0.6) is 0 Å². The topological polar surface area (TPSA) is 55.8 Å². The lowest BCUT2D eigenvalue weighted by Gasteiger charge is -2.25. The number of methoxy groups -OCH3 is 1. The molecule has 1 fully saturated rings. The van der Waals surface area contributed by atoms with Crippen LogP contribution in [0.3, 0.4) is 0 Å². The number of amides is 1. The molecule has 2 rings (SSSR count). The molecule has 0 bridgehead atoms. The van der Waals surface area contributed by atoms with E-state index in [1.807, 2.05) is 24.3 Å². The van der Waals surface area contributed by atoms with Gasteiger partial charge in [-0.1, -0.05) is 0 Å². The molecule has 22 heavy (non-hydrogen) atoms. The molecule has 1 aromatic rings. The zero-order valence-electron chi connectivity index (χ0n) is 12.6. The van der Waals surface area contributed by atoms with Crippen molar-refractivity contribution in [1.29, 1.82) is 0 Å². The fourth-order valence-electron chi connectivity index (χ4n) is 2.41. The standard InChI is InChI=1S/C16H20INO4/c1-21-15(19)8-9-18(11-14-3-2-10-22-14)16(20)12-4-6-13(17)7-5-12/h4-7,14H,2-3,8-11H2,1H3. The molecule has 1 amide bonds. The molecule has 0 spiro atoms. The second-order valence-corrected chi connectivity index (χ2v) is 6.46. The number of hydrogen-bond acceptors (Lipinski definition) is 4. The van der Waals surface area contributed by atoms with Gasteiger partial charge in [-0.15, -0.1) is 0 Å². The van der Waals surface area contributed by atoms with E-state index in [0.717, 1.165) is 23.0 Å². The first-order chi connectivity index (χ1) is 10.6. The first-order valence-corrected chi connectivity index (χ1v) is 8.41. The average Bonchev–Trinajstić information content (AvgIpc) is 3.04. The van der Waals surface area contributed by atoms with Crippen molar-refractivity contribution in [1.82, 2.24) is 4.90 Å². The summed E-state index contributed by atoms with van der Waals surface area (Å²) in [5.41, 5.74) is 0.628. The van der Waals surface area contributed by atoms with Gasteiger partial charge >= 0.3 is 5.97 Å². The number of rotatable bonds is 6. The summed E-state index contributed by atoms with van der Waals surface area (Å²) in [4.78, 5) is 25.7. The highest BCUT2D eigenvalue weighted by Gasteiger charge is 2.24. The number of carbonyl (C=O) groups excluding carboxylic acids is 2. The highest BCUT2D eigenvalue weighted by Crippen LogP contribution is 2.16. The Morgan fingerprint density at radius 1 is 1.36 bits per heavy atom. The predicted octanol–water partition coefficient (Wildman–Crippen LogP) is 2.48. The Morgan fingerprint density at radius 3 is 2.68 bits per heavy atom. The van der Waals surface area contributed by atoms with Gasteiger partial charge in [0.25, 0.3) is 5.91 Å². The maximum absolute atomic E-state index is 12.7. The van der Waals surface area contributed by atoms with Crippen molar-refractivity contribution in [2.24, 2.45) is 0 Å². The minimum absolute atomic E-state index is 0.0606. The van der Waals surface area contributed by atoms with Gasteiger partial charge in [0.05, 0.1) is 19.6 Å². The third-order valence-corrected chi connectivity index (χ3v) is 4.36. The minimum Gasteiger partial charge on any atom is -0.469 e.